The average molecular weight is 120 g/mol. The number of hydrogen-bond donors (Lipinski definition) is 1. The number of nitrogens with two attached hydrogens (primary N) is 1. The van der Waals surface area contributed by atoms with Crippen molar-refractivity contribution in [1.29, 1.82) is 0 Å². The zero-order valence-electron chi connectivity index (χ0n) is 5.26. The van der Waals surface area contributed by atoms with Gasteiger partial charge < -0.3 is 5.01 Å². The van der Waals surface area contributed by atoms with Crippen molar-refractivity contribution in [1.82, 2.24) is 5.01 Å². The first-order valence-corrected chi connectivity index (χ1v) is 2.33. The Labute approximate surface area is 55.3 Å². The summed E-state index contributed by atoms with van der Waals surface area (Å²) >= 11 is 0. The molecule has 46 valence electrons. The first-order valence-electron chi connectivity index (χ1n) is 2.33. The molecule has 0 heterocycles. The predicted octanol–water partition coefficient (Wildman–Crippen LogP) is -0.0578. The van der Waals surface area contributed by atoms with E-state index in [2.05, 4.69) is 11.8 Å². The lowest BCUT2D eigenvalue weighted by Crippen LogP contribution is -2.19. The van der Waals surface area contributed by atoms with Crippen LogP contribution in [0.25, 0.3) is 0 Å². The Morgan fingerprint density at radius 2 is 2.00 bits per heavy atom. The van der Waals surface area contributed by atoms with Crippen molar-refractivity contribution in [2.45, 2.75) is 0 Å². The number of hydrogen-bond acceptors (Lipinski definition) is 2. The van der Waals surface area contributed by atoms with Crippen molar-refractivity contribution in [3.63, 3.8) is 0 Å². The van der Waals surface area contributed by atoms with Gasteiger partial charge in [0.15, 0.2) is 0 Å². The molecule has 0 spiro atoms. The van der Waals surface area contributed by atoms with Crippen LogP contribution >= 0.6 is 0 Å². The number of hydrazine groups is 1. The van der Waals surface area contributed by atoms with Crippen molar-refractivity contribution in [3.05, 3.63) is 11.8 Å². The first-order chi connectivity index (χ1) is 4.20. The summed E-state index contributed by atoms with van der Waals surface area (Å²) in [5, 5.41) is 1.31. The minimum atomic E-state index is 0.444. The van der Waals surface area contributed by atoms with Gasteiger partial charge in [0.25, 0.3) is 0 Å². The van der Waals surface area contributed by atoms with Crippen molar-refractivity contribution >= 4 is 0 Å². The molecule has 9 heavy (non-hydrogen) atoms. The second-order valence-electron chi connectivity index (χ2n) is 1.50. The summed E-state index contributed by atoms with van der Waals surface area (Å²) in [4.78, 5) is 0. The van der Waals surface area contributed by atoms with E-state index in [0.717, 1.165) is 0 Å². The minimum absolute atomic E-state index is 0.444. The monoisotopic (exact) mass is 120 g/mol. The van der Waals surface area contributed by atoms with Gasteiger partial charge >= 0.3 is 0 Å². The Kier molecular flexibility index (Phi) is 3.05. The minimum Gasteiger partial charge on any atom is -0.319 e. The highest BCUT2D eigenvalue weighted by Crippen LogP contribution is 1.87. The SMILES string of the molecule is C#CC(C#C)=CN(C)N. The Hall–Kier alpha value is -1.38. The highest BCUT2D eigenvalue weighted by molar-refractivity contribution is 5.40. The Morgan fingerprint density at radius 1 is 1.56 bits per heavy atom. The van der Waals surface area contributed by atoms with Crippen LogP contribution in [-0.4, -0.2) is 12.1 Å². The molecule has 0 bridgehead atoms. The van der Waals surface area contributed by atoms with Crippen molar-refractivity contribution in [2.24, 2.45) is 5.84 Å². The topological polar surface area (TPSA) is 29.3 Å². The van der Waals surface area contributed by atoms with Crippen LogP contribution in [0.15, 0.2) is 11.8 Å². The number of terminal acetylenes is 2. The smallest absolute Gasteiger partial charge is 0.0911 e. The summed E-state index contributed by atoms with van der Waals surface area (Å²) in [5.74, 6) is 9.78. The maximum Gasteiger partial charge on any atom is 0.0911 e. The average Bonchev–Trinajstić information content (AvgIpc) is 1.82. The third-order valence-electron chi connectivity index (χ3n) is 0.644. The fraction of sp³-hybridized carbons (Fsp3) is 0.143. The second-order valence-corrected chi connectivity index (χ2v) is 1.50. The van der Waals surface area contributed by atoms with Crippen LogP contribution in [0.3, 0.4) is 0 Å². The molecule has 0 aliphatic heterocycles. The van der Waals surface area contributed by atoms with Gasteiger partial charge in [0.2, 0.25) is 0 Å². The zero-order valence-corrected chi connectivity index (χ0v) is 5.26. The van der Waals surface area contributed by atoms with Crippen LogP contribution in [0.2, 0.25) is 0 Å². The lowest BCUT2D eigenvalue weighted by Gasteiger charge is -2.02. The standard InChI is InChI=1S/C7H8N2/c1-4-7(5-2)6-9(3)8/h1-2,6H,8H2,3H3. The summed E-state index contributed by atoms with van der Waals surface area (Å²) in [6.45, 7) is 0. The van der Waals surface area contributed by atoms with Gasteiger partial charge in [-0.3, -0.25) is 0 Å². The Balaban J connectivity index is 4.18. The van der Waals surface area contributed by atoms with Gasteiger partial charge in [0, 0.05) is 13.2 Å². The van der Waals surface area contributed by atoms with Crippen LogP contribution in [0.5, 0.6) is 0 Å². The lowest BCUT2D eigenvalue weighted by molar-refractivity contribution is 0.483. The maximum atomic E-state index is 5.21. The van der Waals surface area contributed by atoms with Crippen LogP contribution in [-0.2, 0) is 0 Å². The maximum absolute atomic E-state index is 5.21. The van der Waals surface area contributed by atoms with Gasteiger partial charge in [0.1, 0.15) is 0 Å². The molecular formula is C7H8N2. The van der Waals surface area contributed by atoms with E-state index in [1.165, 1.54) is 11.2 Å². The van der Waals surface area contributed by atoms with Crippen molar-refractivity contribution in [2.75, 3.05) is 7.05 Å². The first kappa shape index (κ1) is 7.62. The highest BCUT2D eigenvalue weighted by atomic mass is 15.4. The van der Waals surface area contributed by atoms with Gasteiger partial charge in [-0.15, -0.1) is 12.8 Å². The molecule has 2 nitrogen and oxygen atoms in total. The lowest BCUT2D eigenvalue weighted by atomic mass is 10.3. The van der Waals surface area contributed by atoms with E-state index in [1.807, 2.05) is 0 Å². The third kappa shape index (κ3) is 3.22. The Bertz CT molecular complexity index is 172. The second kappa shape index (κ2) is 3.60. The fourth-order valence-electron chi connectivity index (χ4n) is 0.320. The van der Waals surface area contributed by atoms with Crippen LogP contribution < -0.4 is 5.84 Å². The molecule has 0 radical (unpaired) electrons. The molecule has 2 heteroatoms. The van der Waals surface area contributed by atoms with E-state index in [1.54, 1.807) is 7.05 Å². The normalized spacial score (nSPS) is 6.67. The van der Waals surface area contributed by atoms with Gasteiger partial charge in [-0.2, -0.15) is 0 Å². The van der Waals surface area contributed by atoms with E-state index in [9.17, 15) is 0 Å². The quantitative estimate of drug-likeness (QED) is 0.298. The van der Waals surface area contributed by atoms with Crippen molar-refractivity contribution in [3.8, 4) is 24.7 Å². The molecule has 0 atom stereocenters. The summed E-state index contributed by atoms with van der Waals surface area (Å²) in [6, 6.07) is 0. The van der Waals surface area contributed by atoms with Crippen molar-refractivity contribution < 1.29 is 0 Å². The van der Waals surface area contributed by atoms with E-state index in [0.29, 0.717) is 5.57 Å². The summed E-state index contributed by atoms with van der Waals surface area (Å²) in [6.07, 6.45) is 11.5. The van der Waals surface area contributed by atoms with E-state index >= 15 is 0 Å². The molecule has 0 unspecified atom stereocenters. The molecular weight excluding hydrogens is 112 g/mol. The predicted molar refractivity (Wildman–Crippen MR) is 37.7 cm³/mol. The van der Waals surface area contributed by atoms with Crippen LogP contribution in [0.1, 0.15) is 0 Å². The fourth-order valence-corrected chi connectivity index (χ4v) is 0.320. The largest absolute Gasteiger partial charge is 0.319 e. The molecule has 0 aromatic heterocycles. The van der Waals surface area contributed by atoms with Crippen LogP contribution in [0.4, 0.5) is 0 Å². The Morgan fingerprint density at radius 3 is 2.11 bits per heavy atom. The molecule has 0 rings (SSSR count). The molecule has 0 saturated carbocycles. The summed E-state index contributed by atoms with van der Waals surface area (Å²) in [7, 11) is 1.65. The van der Waals surface area contributed by atoms with Crippen LogP contribution in [0, 0.1) is 24.7 Å². The summed E-state index contributed by atoms with van der Waals surface area (Å²) < 4.78 is 0. The molecule has 2 N–H and O–H groups in total. The number of nitrogens with zero attached hydrogens (tertiary/aromatic N) is 1. The number of allylic oxidation sites excluding steroid dienone is 1. The molecule has 0 fully saturated rings. The third-order valence-corrected chi connectivity index (χ3v) is 0.644. The highest BCUT2D eigenvalue weighted by Gasteiger charge is 1.83. The van der Waals surface area contributed by atoms with Gasteiger partial charge in [0.05, 0.1) is 5.57 Å². The molecule has 0 aliphatic carbocycles. The van der Waals surface area contributed by atoms with Gasteiger partial charge in [-0.25, -0.2) is 5.84 Å². The zero-order chi connectivity index (χ0) is 7.28. The number of rotatable bonds is 1. The van der Waals surface area contributed by atoms with E-state index < -0.39 is 0 Å². The van der Waals surface area contributed by atoms with E-state index in [4.69, 9.17) is 18.7 Å². The molecule has 0 aromatic carbocycles. The molecule has 0 aliphatic rings. The molecule has 0 saturated heterocycles. The molecule has 0 aromatic rings. The van der Waals surface area contributed by atoms with Gasteiger partial charge in [-0.1, -0.05) is 11.8 Å². The molecule has 0 amide bonds. The van der Waals surface area contributed by atoms with Gasteiger partial charge in [-0.05, 0) is 0 Å². The van der Waals surface area contributed by atoms with E-state index in [-0.39, 0.29) is 0 Å². The summed E-state index contributed by atoms with van der Waals surface area (Å²) in [5.41, 5.74) is 0.444.